The van der Waals surface area contributed by atoms with Crippen molar-refractivity contribution in [3.8, 4) is 0 Å². The van der Waals surface area contributed by atoms with Gasteiger partial charge in [0.15, 0.2) is 11.9 Å². The molecule has 2 aromatic carbocycles. The van der Waals surface area contributed by atoms with Crippen LogP contribution in [-0.4, -0.2) is 219 Å². The molecule has 0 aliphatic rings. The van der Waals surface area contributed by atoms with Gasteiger partial charge in [-0.2, -0.15) is 0 Å². The summed E-state index contributed by atoms with van der Waals surface area (Å²) >= 11 is 0. The molecule has 31 N–H and O–H groups in total. The fourth-order valence-electron chi connectivity index (χ4n) is 9.24. The van der Waals surface area contributed by atoms with E-state index >= 15 is 0 Å². The fraction of sp³-hybridized carbons (Fsp3) is 0.574. The SMILES string of the molecule is C[C@H](NC(=O)CNC(=O)[C@@H](NC(=O)[C@H](Cc1ccccc1)NC(=O)CNC(=O)CNNC[C@H](N)Cc1ccccc1)[C@@H](C)O)C(=O)N[C@@H](CCCN=C(N)N)C(=O)N[C@@H](CCCCN)C(=O)N[C@@H](CO)C(=O)N[C@@H](C)C(=O)N[C@@H](CCCN=C(N)N)C(=O)N[C@@H](CCCCN)C(N)=O. The molecule has 37 nitrogen and oxygen atoms in total. The molecule has 0 unspecified atom stereocenters. The molecule has 0 heterocycles. The maximum atomic E-state index is 14.1. The van der Waals surface area contributed by atoms with E-state index < -0.39 is 151 Å². The molecule has 546 valence electrons. The topological polar surface area (TPSA) is 635 Å². The molecule has 0 radical (unpaired) electrons. The van der Waals surface area contributed by atoms with E-state index in [0.29, 0.717) is 44.3 Å². The molecule has 0 saturated heterocycles. The van der Waals surface area contributed by atoms with Crippen molar-refractivity contribution in [1.29, 1.82) is 0 Å². The maximum absolute atomic E-state index is 14.1. The molecule has 0 saturated carbocycles. The van der Waals surface area contributed by atoms with Crippen LogP contribution >= 0.6 is 0 Å². The largest absolute Gasteiger partial charge is 0.394 e. The van der Waals surface area contributed by atoms with Gasteiger partial charge in [-0.3, -0.25) is 72.9 Å². The minimum atomic E-state index is -1.72. The van der Waals surface area contributed by atoms with Crippen LogP contribution in [0.4, 0.5) is 0 Å². The normalized spacial score (nSPS) is 14.3. The summed E-state index contributed by atoms with van der Waals surface area (Å²) in [6, 6.07) is 5.01. The Bertz CT molecular complexity index is 2920. The first-order valence-corrected chi connectivity index (χ1v) is 32.2. The predicted molar refractivity (Wildman–Crippen MR) is 363 cm³/mol. The van der Waals surface area contributed by atoms with Gasteiger partial charge in [0, 0.05) is 32.1 Å². The van der Waals surface area contributed by atoms with Gasteiger partial charge >= 0.3 is 0 Å². The number of aliphatic imine (C=N–C) groups is 2. The van der Waals surface area contributed by atoms with Crippen molar-refractivity contribution in [3.05, 3.63) is 71.8 Å². The fourth-order valence-corrected chi connectivity index (χ4v) is 9.24. The zero-order chi connectivity index (χ0) is 73.1. The molecule has 0 bridgehead atoms. The highest BCUT2D eigenvalue weighted by molar-refractivity contribution is 5.99. The van der Waals surface area contributed by atoms with E-state index in [1.807, 2.05) is 30.3 Å². The maximum Gasteiger partial charge on any atom is 0.245 e. The number of rotatable bonds is 49. The quantitative estimate of drug-likeness (QED) is 0.0127. The predicted octanol–water partition coefficient (Wildman–Crippen LogP) is -9.25. The number of carbonyl (C=O) groups is 12. The summed E-state index contributed by atoms with van der Waals surface area (Å²) in [5, 5.41) is 47.9. The van der Waals surface area contributed by atoms with Gasteiger partial charge in [0.25, 0.3) is 0 Å². The molecule has 98 heavy (non-hydrogen) atoms. The Morgan fingerprint density at radius 1 is 0.429 bits per heavy atom. The first-order valence-electron chi connectivity index (χ1n) is 32.2. The number of carbonyl (C=O) groups excluding carboxylic acids is 12. The zero-order valence-electron chi connectivity index (χ0n) is 55.8. The van der Waals surface area contributed by atoms with Crippen molar-refractivity contribution in [2.24, 2.45) is 55.9 Å². The lowest BCUT2D eigenvalue weighted by Gasteiger charge is -2.26. The van der Waals surface area contributed by atoms with Crippen LogP contribution in [0.1, 0.15) is 96.1 Å². The van der Waals surface area contributed by atoms with E-state index in [1.165, 1.54) is 20.8 Å². The Kier molecular flexibility index (Phi) is 40.7. The van der Waals surface area contributed by atoms with Crippen molar-refractivity contribution < 1.29 is 67.7 Å². The Labute approximate surface area is 569 Å². The second-order valence-corrected chi connectivity index (χ2v) is 23.1. The molecule has 0 aliphatic heterocycles. The van der Waals surface area contributed by atoms with Gasteiger partial charge in [0.05, 0.1) is 32.3 Å². The van der Waals surface area contributed by atoms with Crippen LogP contribution in [-0.2, 0) is 70.4 Å². The van der Waals surface area contributed by atoms with E-state index in [9.17, 15) is 67.7 Å². The molecule has 2 aromatic rings. The van der Waals surface area contributed by atoms with E-state index in [2.05, 4.69) is 79.3 Å². The van der Waals surface area contributed by atoms with Gasteiger partial charge in [-0.05, 0) is 116 Å². The zero-order valence-corrected chi connectivity index (χ0v) is 55.8. The number of nitrogens with zero attached hydrogens (tertiary/aromatic N) is 2. The van der Waals surface area contributed by atoms with Crippen molar-refractivity contribution in [2.45, 2.75) is 164 Å². The van der Waals surface area contributed by atoms with Gasteiger partial charge in [-0.25, -0.2) is 5.43 Å². The molecule has 0 aromatic heterocycles. The van der Waals surface area contributed by atoms with Gasteiger partial charge in [0.2, 0.25) is 70.9 Å². The van der Waals surface area contributed by atoms with Crippen LogP contribution in [0.15, 0.2) is 70.6 Å². The summed E-state index contributed by atoms with van der Waals surface area (Å²) in [6.45, 7) is 2.03. The number of amides is 12. The average Bonchev–Trinajstić information content (AvgIpc) is 0.902. The monoisotopic (exact) mass is 1380 g/mol. The van der Waals surface area contributed by atoms with Crippen LogP contribution < -0.4 is 115 Å². The molecule has 0 aliphatic carbocycles. The summed E-state index contributed by atoms with van der Waals surface area (Å²) in [5.74, 6) is -11.1. The number of unbranched alkanes of at least 4 members (excludes halogenated alkanes) is 2. The highest BCUT2D eigenvalue weighted by Crippen LogP contribution is 2.10. The number of primary amides is 1. The summed E-state index contributed by atoms with van der Waals surface area (Å²) in [4.78, 5) is 169. The molecule has 0 spiro atoms. The number of hydrogen-bond acceptors (Lipinski definition) is 21. The number of nitrogens with one attached hydrogen (secondary N) is 13. The molecule has 2 rings (SSSR count). The number of nitrogens with two attached hydrogens (primary N) is 8. The van der Waals surface area contributed by atoms with Crippen molar-refractivity contribution >= 4 is 82.8 Å². The van der Waals surface area contributed by atoms with Crippen LogP contribution in [0.2, 0.25) is 0 Å². The summed E-state index contributed by atoms with van der Waals surface area (Å²) < 4.78 is 0. The third-order valence-electron chi connectivity index (χ3n) is 14.6. The van der Waals surface area contributed by atoms with Gasteiger partial charge in [-0.1, -0.05) is 60.7 Å². The number of hydrazine groups is 1. The van der Waals surface area contributed by atoms with Crippen molar-refractivity contribution in [3.63, 3.8) is 0 Å². The van der Waals surface area contributed by atoms with Crippen molar-refractivity contribution in [2.75, 3.05) is 59.0 Å². The van der Waals surface area contributed by atoms with Crippen LogP contribution in [0.3, 0.4) is 0 Å². The molecule has 11 atom stereocenters. The lowest BCUT2D eigenvalue weighted by atomic mass is 10.0. The van der Waals surface area contributed by atoms with Crippen LogP contribution in [0, 0.1) is 0 Å². The van der Waals surface area contributed by atoms with Crippen LogP contribution in [0.25, 0.3) is 0 Å². The summed E-state index contributed by atoms with van der Waals surface area (Å²) in [5.41, 5.74) is 52.1. The number of aliphatic hydroxyl groups excluding tert-OH is 2. The second-order valence-electron chi connectivity index (χ2n) is 23.1. The number of benzene rings is 2. The Hall–Kier alpha value is -9.66. The van der Waals surface area contributed by atoms with Crippen molar-refractivity contribution in [1.82, 2.24) is 69.3 Å². The third-order valence-corrected chi connectivity index (χ3v) is 14.6. The highest BCUT2D eigenvalue weighted by Gasteiger charge is 2.34. The third kappa shape index (κ3) is 35.4. The molecule has 0 fully saturated rings. The highest BCUT2D eigenvalue weighted by atomic mass is 16.3. The smallest absolute Gasteiger partial charge is 0.245 e. The van der Waals surface area contributed by atoms with E-state index in [-0.39, 0.29) is 95.5 Å². The molecule has 37 heteroatoms. The molecule has 12 amide bonds. The van der Waals surface area contributed by atoms with Crippen LogP contribution in [0.5, 0.6) is 0 Å². The van der Waals surface area contributed by atoms with Gasteiger partial charge < -0.3 is 115 Å². The number of guanidine groups is 2. The molecular formula is C61H103N23O14. The standard InChI is InChI=1S/C61H103N23O14/c1-35(76-48(88)32-73-59(98)50(37(3)86)84-57(96)45(29-39-18-8-5-9-19-39)78-49(89)31-72-47(87)33-75-74-30-40(64)28-38-16-6-4-7-17-38)52(91)80-44(23-15-27-71-61(68)69)55(94)82-42(21-11-13-25-63)56(95)83-46(34-85)58(97)77-36(2)53(92)81-43(22-14-26-70-60(66)67)54(93)79-41(51(65)90)20-10-12-24-62/h4-9,16-19,35-37,40-46,50,74-75,85-86H,10-15,20-34,62-64H2,1-3H3,(H2,65,90)(H,72,87)(H,73,98)(H,76,88)(H,77,97)(H,78,89)(H,79,93)(H,80,91)(H,81,92)(H,82,94)(H,83,95)(H,84,96)(H4,66,67,70)(H4,68,69,71)/t35-,36-,37+,40+,41-,42-,43-,44-,45-,46-,50-/m0/s1. The first kappa shape index (κ1) is 84.4. The first-order chi connectivity index (χ1) is 46.6. The second kappa shape index (κ2) is 47.3. The minimum absolute atomic E-state index is 0.0171. The molecular weight excluding hydrogens is 1280 g/mol. The van der Waals surface area contributed by atoms with Gasteiger partial charge in [-0.15, -0.1) is 0 Å². The van der Waals surface area contributed by atoms with E-state index in [1.54, 1.807) is 30.3 Å². The van der Waals surface area contributed by atoms with E-state index in [0.717, 1.165) is 5.56 Å². The lowest BCUT2D eigenvalue weighted by Crippen LogP contribution is -2.60. The Balaban J connectivity index is 2.16. The van der Waals surface area contributed by atoms with E-state index in [4.69, 9.17) is 45.9 Å². The number of aliphatic hydroxyl groups is 2. The van der Waals surface area contributed by atoms with Gasteiger partial charge in [0.1, 0.15) is 54.4 Å². The number of hydrogen-bond donors (Lipinski definition) is 23. The summed E-state index contributed by atoms with van der Waals surface area (Å²) in [7, 11) is 0. The summed E-state index contributed by atoms with van der Waals surface area (Å²) in [6.07, 6.45) is 0.748. The lowest BCUT2D eigenvalue weighted by molar-refractivity contribution is -0.136. The Morgan fingerprint density at radius 2 is 0.847 bits per heavy atom. The minimum Gasteiger partial charge on any atom is -0.394 e. The Morgan fingerprint density at radius 3 is 1.33 bits per heavy atom. The average molecular weight is 1380 g/mol.